The summed E-state index contributed by atoms with van der Waals surface area (Å²) in [5, 5.41) is 12.9. The lowest BCUT2D eigenvalue weighted by atomic mass is 9.85. The monoisotopic (exact) mass is 895 g/mol. The second-order valence-corrected chi connectivity index (χ2v) is 23.1. The lowest BCUT2D eigenvalue weighted by molar-refractivity contribution is -0.145. The predicted octanol–water partition coefficient (Wildman–Crippen LogP) is 4.41. The molecule has 0 radical (unpaired) electrons. The Bertz CT molecular complexity index is 2140. The molecule has 1 aliphatic heterocycles. The SMILES string of the molecule is C=CCNC(=O)C(=O)C(CC1CC1)NC(=O)[C@@H]1[C@@H]2[C@H](CN1C(=O)[C@@H](NC(=O)N[C@H](CN(C)S(=O)(=O)c1cc(CN(C)C(=O)c3ccccc3)cs1)C(C)(C)C)C(C)(C)C)C2(C)C. The van der Waals surface area contributed by atoms with Crippen LogP contribution in [0.4, 0.5) is 4.79 Å². The normalized spacial score (nSPS) is 20.9. The predicted molar refractivity (Wildman–Crippen MR) is 238 cm³/mol. The Labute approximate surface area is 370 Å². The summed E-state index contributed by atoms with van der Waals surface area (Å²) in [5.41, 5.74) is -0.509. The Morgan fingerprint density at radius 1 is 0.968 bits per heavy atom. The van der Waals surface area contributed by atoms with Gasteiger partial charge in [-0.05, 0) is 69.6 Å². The first-order valence-electron chi connectivity index (χ1n) is 21.2. The standard InChI is InChI=1S/C45H65N7O8S2/c1-12-20-46-39(55)36(53)31(21-27-18-19-27)47-38(54)35-34-30(45(34,8)9)24-52(35)41(57)37(44(5,6)7)49-42(58)48-32(43(2,3)4)25-51(11)62(59,60)33-22-28(26-61-33)23-50(10)40(56)29-16-14-13-15-17-29/h12-17,22,26-27,30-32,34-35,37H,1,18-21,23-25H2,2-11H3,(H,46,55)(H,47,54)(H2,48,49,58)/t30-,31?,32+,34-,35-,37+/m0/s1. The maximum atomic E-state index is 14.6. The van der Waals surface area contributed by atoms with Crippen LogP contribution in [0.1, 0.15) is 90.6 Å². The number of carbonyl (C=O) groups is 6. The van der Waals surface area contributed by atoms with Crippen LogP contribution in [0.5, 0.6) is 0 Å². The summed E-state index contributed by atoms with van der Waals surface area (Å²) in [5.74, 6) is -2.66. The molecule has 2 aromatic rings. The first-order valence-corrected chi connectivity index (χ1v) is 23.6. The molecule has 0 bridgehead atoms. The summed E-state index contributed by atoms with van der Waals surface area (Å²) in [4.78, 5) is 84.7. The number of thiophene rings is 1. The van der Waals surface area contributed by atoms with Crippen molar-refractivity contribution in [1.29, 1.82) is 0 Å². The number of piperidine rings is 1. The highest BCUT2D eigenvalue weighted by molar-refractivity contribution is 7.91. The highest BCUT2D eigenvalue weighted by Crippen LogP contribution is 2.65. The number of nitrogens with zero attached hydrogens (tertiary/aromatic N) is 3. The number of ketones is 1. The van der Waals surface area contributed by atoms with Gasteiger partial charge in [-0.3, -0.25) is 24.0 Å². The summed E-state index contributed by atoms with van der Waals surface area (Å²) in [7, 11) is -0.906. The molecule has 17 heteroatoms. The van der Waals surface area contributed by atoms with E-state index in [1.807, 2.05) is 61.5 Å². The summed E-state index contributed by atoms with van der Waals surface area (Å²) < 4.78 is 29.0. The number of hydrogen-bond acceptors (Lipinski definition) is 9. The Hall–Kier alpha value is -4.61. The molecule has 1 aromatic carbocycles. The average Bonchev–Trinajstić information content (AvgIpc) is 3.93. The van der Waals surface area contributed by atoms with Gasteiger partial charge in [0.2, 0.25) is 17.6 Å². The molecule has 1 unspecified atom stereocenters. The molecule has 1 saturated heterocycles. The molecule has 1 aromatic heterocycles. The third-order valence-corrected chi connectivity index (χ3v) is 15.8. The van der Waals surface area contributed by atoms with Crippen LogP contribution in [0, 0.1) is 34.0 Å². The number of likely N-dealkylation sites (N-methyl/N-ethyl adjacent to an activating group) is 1. The van der Waals surface area contributed by atoms with Crippen LogP contribution in [0.25, 0.3) is 0 Å². The van der Waals surface area contributed by atoms with Crippen molar-refractivity contribution in [3.8, 4) is 0 Å². The third kappa shape index (κ3) is 11.1. The van der Waals surface area contributed by atoms with Crippen molar-refractivity contribution in [1.82, 2.24) is 35.4 Å². The van der Waals surface area contributed by atoms with Gasteiger partial charge in [-0.25, -0.2) is 13.2 Å². The number of likely N-dealkylation sites (tertiary alicyclic amines) is 1. The van der Waals surface area contributed by atoms with Gasteiger partial charge in [0, 0.05) is 51.9 Å². The van der Waals surface area contributed by atoms with Gasteiger partial charge in [0.25, 0.3) is 21.8 Å². The Morgan fingerprint density at radius 2 is 1.61 bits per heavy atom. The van der Waals surface area contributed by atoms with Crippen LogP contribution >= 0.6 is 11.3 Å². The van der Waals surface area contributed by atoms with Crippen molar-refractivity contribution in [2.75, 3.05) is 33.7 Å². The van der Waals surface area contributed by atoms with Crippen LogP contribution in [0.2, 0.25) is 0 Å². The number of benzene rings is 1. The van der Waals surface area contributed by atoms with E-state index >= 15 is 0 Å². The summed E-state index contributed by atoms with van der Waals surface area (Å²) in [6, 6.07) is 5.93. The number of nitrogens with one attached hydrogen (secondary N) is 4. The molecule has 2 saturated carbocycles. The minimum Gasteiger partial charge on any atom is -0.346 e. The molecule has 2 heterocycles. The van der Waals surface area contributed by atoms with Crippen LogP contribution in [-0.4, -0.2) is 116 Å². The Morgan fingerprint density at radius 3 is 2.19 bits per heavy atom. The second-order valence-electron chi connectivity index (χ2n) is 19.9. The smallest absolute Gasteiger partial charge is 0.315 e. The van der Waals surface area contributed by atoms with Gasteiger partial charge in [0.15, 0.2) is 0 Å². The lowest BCUT2D eigenvalue weighted by Gasteiger charge is -2.39. The van der Waals surface area contributed by atoms with E-state index in [4.69, 9.17) is 0 Å². The number of urea groups is 1. The molecule has 0 spiro atoms. The molecular formula is C45H65N7O8S2. The van der Waals surface area contributed by atoms with Gasteiger partial charge >= 0.3 is 6.03 Å². The van der Waals surface area contributed by atoms with Gasteiger partial charge in [-0.1, -0.05) is 92.5 Å². The fourth-order valence-corrected chi connectivity index (χ4v) is 10.9. The number of Topliss-reactive ketones (excluding diaryl/α,β-unsaturated/α-hetero) is 1. The zero-order valence-electron chi connectivity index (χ0n) is 37.7. The molecule has 62 heavy (non-hydrogen) atoms. The molecule has 15 nitrogen and oxygen atoms in total. The topological polar surface area (TPSA) is 194 Å². The number of fused-ring (bicyclic) bond motifs is 1. The fraction of sp³-hybridized carbons (Fsp3) is 0.600. The highest BCUT2D eigenvalue weighted by Gasteiger charge is 2.70. The van der Waals surface area contributed by atoms with Crippen molar-refractivity contribution in [3.05, 3.63) is 65.6 Å². The van der Waals surface area contributed by atoms with Gasteiger partial charge in [-0.2, -0.15) is 4.31 Å². The number of carbonyl (C=O) groups excluding carboxylic acids is 6. The lowest BCUT2D eigenvalue weighted by Crippen LogP contribution is -2.62. The molecule has 340 valence electrons. The van der Waals surface area contributed by atoms with Crippen molar-refractivity contribution < 1.29 is 37.2 Å². The summed E-state index contributed by atoms with van der Waals surface area (Å²) in [6.07, 6.45) is 3.59. The number of rotatable bonds is 18. The molecule has 4 N–H and O–H groups in total. The van der Waals surface area contributed by atoms with Gasteiger partial charge in [0.05, 0.1) is 6.04 Å². The molecule has 6 atom stereocenters. The van der Waals surface area contributed by atoms with E-state index in [9.17, 15) is 37.2 Å². The molecular weight excluding hydrogens is 831 g/mol. The summed E-state index contributed by atoms with van der Waals surface area (Å²) >= 11 is 1.05. The largest absolute Gasteiger partial charge is 0.346 e. The number of amides is 6. The number of hydrogen-bond donors (Lipinski definition) is 4. The van der Waals surface area contributed by atoms with Crippen molar-refractivity contribution in [3.63, 3.8) is 0 Å². The fourth-order valence-electron chi connectivity index (χ4n) is 8.31. The van der Waals surface area contributed by atoms with E-state index in [0.29, 0.717) is 17.5 Å². The van der Waals surface area contributed by atoms with E-state index in [0.717, 1.165) is 24.2 Å². The minimum atomic E-state index is -4.01. The highest BCUT2D eigenvalue weighted by atomic mass is 32.2. The van der Waals surface area contributed by atoms with Gasteiger partial charge in [-0.15, -0.1) is 17.9 Å². The minimum absolute atomic E-state index is 0.0185. The summed E-state index contributed by atoms with van der Waals surface area (Å²) in [6.45, 7) is 19.2. The second kappa shape index (κ2) is 18.6. The zero-order valence-corrected chi connectivity index (χ0v) is 39.4. The molecule has 3 fully saturated rings. The number of sulfonamides is 1. The van der Waals surface area contributed by atoms with E-state index in [1.54, 1.807) is 42.8 Å². The quantitative estimate of drug-likeness (QED) is 0.125. The maximum absolute atomic E-state index is 14.6. The first kappa shape index (κ1) is 48.4. The maximum Gasteiger partial charge on any atom is 0.315 e. The molecule has 5 rings (SSSR count). The van der Waals surface area contributed by atoms with Crippen LogP contribution in [-0.2, 0) is 35.7 Å². The van der Waals surface area contributed by atoms with Gasteiger partial charge in [0.1, 0.15) is 16.3 Å². The van der Waals surface area contributed by atoms with E-state index < -0.39 is 74.6 Å². The zero-order chi connectivity index (χ0) is 46.1. The van der Waals surface area contributed by atoms with Crippen molar-refractivity contribution in [2.45, 2.75) is 110 Å². The average molecular weight is 896 g/mol. The Balaban J connectivity index is 1.28. The third-order valence-electron chi connectivity index (χ3n) is 12.6. The van der Waals surface area contributed by atoms with Crippen LogP contribution < -0.4 is 21.3 Å². The molecule has 3 aliphatic rings. The van der Waals surface area contributed by atoms with E-state index in [1.165, 1.54) is 27.2 Å². The van der Waals surface area contributed by atoms with Crippen molar-refractivity contribution in [2.24, 2.45) is 34.0 Å². The van der Waals surface area contributed by atoms with Crippen LogP contribution in [0.3, 0.4) is 0 Å². The molecule has 6 amide bonds. The van der Waals surface area contributed by atoms with Gasteiger partial charge < -0.3 is 31.1 Å². The van der Waals surface area contributed by atoms with E-state index in [-0.39, 0.29) is 59.5 Å². The Kier molecular flexibility index (Phi) is 14.5. The first-order chi connectivity index (χ1) is 28.8. The van der Waals surface area contributed by atoms with Crippen LogP contribution in [0.15, 0.2) is 58.6 Å². The molecule has 2 aliphatic carbocycles. The van der Waals surface area contributed by atoms with E-state index in [2.05, 4.69) is 27.8 Å². The van der Waals surface area contributed by atoms with Crippen molar-refractivity contribution >= 4 is 56.8 Å².